The van der Waals surface area contributed by atoms with Gasteiger partial charge in [-0.15, -0.1) is 0 Å². The van der Waals surface area contributed by atoms with E-state index in [1.165, 1.54) is 83.5 Å². The number of carbonyl (C=O) groups excluding carboxylic acids is 3. The van der Waals surface area contributed by atoms with Crippen molar-refractivity contribution >= 4 is 17.9 Å². The van der Waals surface area contributed by atoms with Gasteiger partial charge in [0.1, 0.15) is 12.6 Å². The number of carbonyl (C=O) groups is 3. The largest absolute Gasteiger partial charge is 0.544 e. The molecule has 8 heteroatoms. The number of esters is 2. The topological polar surface area (TPSA) is 102 Å². The SMILES string of the molecule is CC/C=C/C=C/C=C/C=C/CCCCCC(=O)OCC(COCCC(C(=O)[O-])[N+](C)(C)C)OC(=O)CCCCCCCCCCCCCCCCCC. The van der Waals surface area contributed by atoms with Crippen LogP contribution in [0.25, 0.3) is 0 Å². The lowest BCUT2D eigenvalue weighted by molar-refractivity contribution is -0.889. The zero-order chi connectivity index (χ0) is 39.3. The normalized spacial score (nSPS) is 13.5. The molecule has 0 rings (SSSR count). The molecule has 53 heavy (non-hydrogen) atoms. The van der Waals surface area contributed by atoms with Crippen molar-refractivity contribution in [3.05, 3.63) is 48.6 Å². The van der Waals surface area contributed by atoms with Gasteiger partial charge in [0.25, 0.3) is 0 Å². The van der Waals surface area contributed by atoms with Gasteiger partial charge in [-0.3, -0.25) is 9.59 Å². The molecule has 0 aliphatic heterocycles. The van der Waals surface area contributed by atoms with Crippen molar-refractivity contribution in [3.63, 3.8) is 0 Å². The highest BCUT2D eigenvalue weighted by molar-refractivity contribution is 5.70. The van der Waals surface area contributed by atoms with E-state index in [1.54, 1.807) is 21.1 Å². The number of allylic oxidation sites excluding steroid dienone is 8. The summed E-state index contributed by atoms with van der Waals surface area (Å²) in [5.41, 5.74) is 0. The summed E-state index contributed by atoms with van der Waals surface area (Å²) in [7, 11) is 5.39. The zero-order valence-electron chi connectivity index (χ0n) is 34.7. The van der Waals surface area contributed by atoms with Crippen LogP contribution in [0.5, 0.6) is 0 Å². The number of nitrogens with zero attached hydrogens (tertiary/aromatic N) is 1. The van der Waals surface area contributed by atoms with E-state index in [-0.39, 0.29) is 42.7 Å². The molecule has 0 saturated carbocycles. The van der Waals surface area contributed by atoms with Gasteiger partial charge in [0.05, 0.1) is 40.3 Å². The van der Waals surface area contributed by atoms with Crippen LogP contribution in [-0.4, -0.2) is 75.5 Å². The van der Waals surface area contributed by atoms with Crippen LogP contribution >= 0.6 is 0 Å². The van der Waals surface area contributed by atoms with E-state index in [0.717, 1.165) is 51.4 Å². The molecule has 2 unspecified atom stereocenters. The number of aliphatic carboxylic acids is 1. The summed E-state index contributed by atoms with van der Waals surface area (Å²) in [6.45, 7) is 4.48. The van der Waals surface area contributed by atoms with Crippen molar-refractivity contribution in [2.45, 2.75) is 180 Å². The Morgan fingerprint density at radius 1 is 0.585 bits per heavy atom. The summed E-state index contributed by atoms with van der Waals surface area (Å²) in [6, 6.07) is -0.731. The molecule has 0 aliphatic rings. The number of rotatable bonds is 37. The van der Waals surface area contributed by atoms with Crippen molar-refractivity contribution in [1.29, 1.82) is 0 Å². The number of quaternary nitrogens is 1. The number of ether oxygens (including phenoxy) is 3. The number of likely N-dealkylation sites (N-methyl/N-ethyl adjacent to an activating group) is 1. The Kier molecular flexibility index (Phi) is 34.4. The summed E-state index contributed by atoms with van der Waals surface area (Å²) in [4.78, 5) is 36.8. The molecule has 0 fully saturated rings. The number of unbranched alkanes of at least 4 members (excludes halogenated alkanes) is 18. The van der Waals surface area contributed by atoms with Crippen molar-refractivity contribution < 1.29 is 38.2 Å². The van der Waals surface area contributed by atoms with Crippen molar-refractivity contribution in [2.75, 3.05) is 41.0 Å². The standard InChI is InChI=1S/C45H79NO7/c1-6-8-10-12-14-16-18-20-21-22-24-26-28-30-32-34-36-44(48)53-41(39-51-38-37-42(45(49)50)46(3,4)5)40-52-43(47)35-33-31-29-27-25-23-19-17-15-13-11-9-7-2/h9,11,13,15,17,19,23,25,41-42H,6-8,10,12,14,16,18,20-22,24,26-40H2,1-5H3/b11-9+,15-13+,19-17+,25-23+. The summed E-state index contributed by atoms with van der Waals surface area (Å²) >= 11 is 0. The van der Waals surface area contributed by atoms with Crippen LogP contribution in [0.3, 0.4) is 0 Å². The molecule has 8 nitrogen and oxygen atoms in total. The lowest BCUT2D eigenvalue weighted by Gasteiger charge is -2.34. The van der Waals surface area contributed by atoms with E-state index in [2.05, 4.69) is 26.0 Å². The maximum Gasteiger partial charge on any atom is 0.306 e. The van der Waals surface area contributed by atoms with Crippen LogP contribution in [0.4, 0.5) is 0 Å². The van der Waals surface area contributed by atoms with Crippen molar-refractivity contribution in [2.24, 2.45) is 0 Å². The Morgan fingerprint density at radius 2 is 1.06 bits per heavy atom. The van der Waals surface area contributed by atoms with Gasteiger partial charge in [-0.05, 0) is 32.1 Å². The van der Waals surface area contributed by atoms with Crippen molar-refractivity contribution in [3.8, 4) is 0 Å². The minimum atomic E-state index is -1.13. The average molecular weight is 746 g/mol. The highest BCUT2D eigenvalue weighted by Crippen LogP contribution is 2.15. The molecular formula is C45H79NO7. The van der Waals surface area contributed by atoms with E-state index in [4.69, 9.17) is 14.2 Å². The van der Waals surface area contributed by atoms with Gasteiger partial charge < -0.3 is 28.6 Å². The van der Waals surface area contributed by atoms with Gasteiger partial charge in [-0.1, -0.05) is 165 Å². The fourth-order valence-corrected chi connectivity index (χ4v) is 6.02. The first kappa shape index (κ1) is 50.3. The molecule has 0 aromatic carbocycles. The Balaban J connectivity index is 4.40. The van der Waals surface area contributed by atoms with Gasteiger partial charge in [0.2, 0.25) is 0 Å². The minimum absolute atomic E-state index is 0.0287. The summed E-state index contributed by atoms with van der Waals surface area (Å²) in [5.74, 6) is -1.78. The van der Waals surface area contributed by atoms with Crippen LogP contribution in [0, 0.1) is 0 Å². The smallest absolute Gasteiger partial charge is 0.306 e. The predicted octanol–water partition coefficient (Wildman–Crippen LogP) is 9.91. The van der Waals surface area contributed by atoms with Crippen LogP contribution < -0.4 is 5.11 Å². The molecule has 0 N–H and O–H groups in total. The molecule has 0 radical (unpaired) electrons. The quantitative estimate of drug-likeness (QED) is 0.0270. The lowest BCUT2D eigenvalue weighted by Crippen LogP contribution is -2.55. The van der Waals surface area contributed by atoms with E-state index in [1.807, 2.05) is 36.5 Å². The number of hydrogen-bond donors (Lipinski definition) is 0. The fraction of sp³-hybridized carbons (Fsp3) is 0.756. The van der Waals surface area contributed by atoms with Crippen LogP contribution in [0.15, 0.2) is 48.6 Å². The molecule has 306 valence electrons. The zero-order valence-corrected chi connectivity index (χ0v) is 34.7. The second-order valence-electron chi connectivity index (χ2n) is 15.3. The third-order valence-electron chi connectivity index (χ3n) is 9.32. The monoisotopic (exact) mass is 746 g/mol. The van der Waals surface area contributed by atoms with Crippen LogP contribution in [-0.2, 0) is 28.6 Å². The molecule has 0 amide bonds. The summed E-state index contributed by atoms with van der Waals surface area (Å²) in [5, 5.41) is 11.6. The van der Waals surface area contributed by atoms with E-state index in [9.17, 15) is 19.5 Å². The molecule has 2 atom stereocenters. The second-order valence-corrected chi connectivity index (χ2v) is 15.3. The van der Waals surface area contributed by atoms with Crippen LogP contribution in [0.1, 0.15) is 168 Å². The fourth-order valence-electron chi connectivity index (χ4n) is 6.02. The maximum absolute atomic E-state index is 12.7. The Bertz CT molecular complexity index is 1010. The minimum Gasteiger partial charge on any atom is -0.544 e. The molecule has 0 saturated heterocycles. The number of carboxylic acid groups (broad SMARTS) is 1. The molecule has 0 aromatic rings. The Labute approximate surface area is 325 Å². The number of hydrogen-bond acceptors (Lipinski definition) is 7. The first-order chi connectivity index (χ1) is 25.6. The second kappa shape index (κ2) is 36.3. The first-order valence-corrected chi connectivity index (χ1v) is 21.2. The molecule has 0 spiro atoms. The van der Waals surface area contributed by atoms with E-state index in [0.29, 0.717) is 12.8 Å². The van der Waals surface area contributed by atoms with Gasteiger partial charge in [-0.2, -0.15) is 0 Å². The third kappa shape index (κ3) is 34.8. The van der Waals surface area contributed by atoms with Gasteiger partial charge in [-0.25, -0.2) is 0 Å². The predicted molar refractivity (Wildman–Crippen MR) is 217 cm³/mol. The lowest BCUT2D eigenvalue weighted by atomic mass is 10.0. The average Bonchev–Trinajstić information content (AvgIpc) is 3.11. The summed E-state index contributed by atoms with van der Waals surface area (Å²) < 4.78 is 17.1. The maximum atomic E-state index is 12.7. The van der Waals surface area contributed by atoms with E-state index < -0.39 is 18.1 Å². The third-order valence-corrected chi connectivity index (χ3v) is 9.32. The molecule has 0 bridgehead atoms. The first-order valence-electron chi connectivity index (χ1n) is 21.2. The molecule has 0 heterocycles. The van der Waals surface area contributed by atoms with Gasteiger partial charge in [0.15, 0.2) is 6.10 Å². The highest BCUT2D eigenvalue weighted by atomic mass is 16.6. The number of carboxylic acids is 1. The van der Waals surface area contributed by atoms with Gasteiger partial charge >= 0.3 is 11.9 Å². The molecule has 0 aromatic heterocycles. The summed E-state index contributed by atoms with van der Waals surface area (Å²) in [6.07, 6.45) is 41.4. The van der Waals surface area contributed by atoms with Crippen LogP contribution in [0.2, 0.25) is 0 Å². The molecule has 0 aliphatic carbocycles. The molecular weight excluding hydrogens is 666 g/mol. The van der Waals surface area contributed by atoms with E-state index >= 15 is 0 Å². The van der Waals surface area contributed by atoms with Crippen molar-refractivity contribution in [1.82, 2.24) is 0 Å². The Hall–Kier alpha value is -2.71. The Morgan fingerprint density at radius 3 is 1.57 bits per heavy atom. The highest BCUT2D eigenvalue weighted by Gasteiger charge is 2.25. The van der Waals surface area contributed by atoms with Gasteiger partial charge in [0, 0.05) is 19.3 Å².